The summed E-state index contributed by atoms with van der Waals surface area (Å²) < 4.78 is 5.77. The van der Waals surface area contributed by atoms with E-state index >= 15 is 0 Å². The molecule has 2 heterocycles. The Balaban J connectivity index is 1.74. The number of halogens is 1. The fraction of sp³-hybridized carbons (Fsp3) is 0.250. The average Bonchev–Trinajstić information content (AvgIpc) is 2.56. The monoisotopic (exact) mass is 302 g/mol. The lowest BCUT2D eigenvalue weighted by molar-refractivity contribution is -0.0228. The van der Waals surface area contributed by atoms with Crippen LogP contribution in [0.5, 0.6) is 0 Å². The van der Waals surface area contributed by atoms with Crippen LogP contribution in [0.2, 0.25) is 5.02 Å². The molecule has 2 aromatic rings. The van der Waals surface area contributed by atoms with Crippen LogP contribution in [-0.2, 0) is 4.74 Å². The smallest absolute Gasteiger partial charge is 0.255 e. The topological polar surface area (TPSA) is 42.4 Å². The highest BCUT2D eigenvalue weighted by molar-refractivity contribution is 6.30. The van der Waals surface area contributed by atoms with Gasteiger partial charge in [-0.25, -0.2) is 0 Å². The van der Waals surface area contributed by atoms with Crippen LogP contribution in [0.3, 0.4) is 0 Å². The van der Waals surface area contributed by atoms with E-state index in [9.17, 15) is 4.79 Å². The molecule has 1 amide bonds. The van der Waals surface area contributed by atoms with Gasteiger partial charge in [-0.1, -0.05) is 23.7 Å². The van der Waals surface area contributed by atoms with Crippen molar-refractivity contribution in [1.82, 2.24) is 9.88 Å². The van der Waals surface area contributed by atoms with E-state index in [1.165, 1.54) is 0 Å². The zero-order valence-electron chi connectivity index (χ0n) is 11.4. The predicted octanol–water partition coefficient (Wildman–Crippen LogP) is 2.95. The third-order valence-corrected chi connectivity index (χ3v) is 3.76. The number of pyridine rings is 1. The number of benzene rings is 1. The van der Waals surface area contributed by atoms with Gasteiger partial charge in [0, 0.05) is 24.0 Å². The minimum Gasteiger partial charge on any atom is -0.370 e. The molecular formula is C16H15ClN2O2. The highest BCUT2D eigenvalue weighted by Gasteiger charge is 2.26. The van der Waals surface area contributed by atoms with Crippen molar-refractivity contribution in [1.29, 1.82) is 0 Å². The van der Waals surface area contributed by atoms with Gasteiger partial charge in [0.25, 0.3) is 5.91 Å². The van der Waals surface area contributed by atoms with E-state index in [-0.39, 0.29) is 12.0 Å². The Morgan fingerprint density at radius 1 is 1.29 bits per heavy atom. The normalized spacial score (nSPS) is 18.5. The van der Waals surface area contributed by atoms with Crippen LogP contribution in [0.15, 0.2) is 48.8 Å². The molecule has 5 heteroatoms. The second-order valence-electron chi connectivity index (χ2n) is 4.90. The Hall–Kier alpha value is -1.91. The number of morpholine rings is 1. The summed E-state index contributed by atoms with van der Waals surface area (Å²) in [5.41, 5.74) is 1.64. The van der Waals surface area contributed by atoms with Crippen molar-refractivity contribution >= 4 is 17.5 Å². The predicted molar refractivity (Wildman–Crippen MR) is 80.3 cm³/mol. The number of aromatic nitrogens is 1. The van der Waals surface area contributed by atoms with Gasteiger partial charge in [0.2, 0.25) is 0 Å². The second-order valence-corrected chi connectivity index (χ2v) is 5.34. The Kier molecular flexibility index (Phi) is 4.18. The van der Waals surface area contributed by atoms with E-state index < -0.39 is 0 Å². The maximum absolute atomic E-state index is 12.4. The summed E-state index contributed by atoms with van der Waals surface area (Å²) in [7, 11) is 0. The molecule has 21 heavy (non-hydrogen) atoms. The Labute approximate surface area is 128 Å². The van der Waals surface area contributed by atoms with E-state index in [1.54, 1.807) is 29.4 Å². The molecule has 1 aliphatic rings. The first kappa shape index (κ1) is 14.0. The lowest BCUT2D eigenvalue weighted by Gasteiger charge is -2.33. The molecule has 1 fully saturated rings. The van der Waals surface area contributed by atoms with Gasteiger partial charge in [-0.05, 0) is 29.8 Å². The van der Waals surface area contributed by atoms with Crippen LogP contribution in [0.25, 0.3) is 0 Å². The standard InChI is InChI=1S/C16H15ClN2O2/c17-14-5-3-12(4-6-14)15-11-19(8-9-21-15)16(20)13-2-1-7-18-10-13/h1-7,10,15H,8-9,11H2. The van der Waals surface area contributed by atoms with Gasteiger partial charge < -0.3 is 9.64 Å². The van der Waals surface area contributed by atoms with Crippen molar-refractivity contribution in [2.45, 2.75) is 6.10 Å². The minimum atomic E-state index is -0.114. The van der Waals surface area contributed by atoms with Gasteiger partial charge in [0.15, 0.2) is 0 Å². The fourth-order valence-electron chi connectivity index (χ4n) is 2.38. The van der Waals surface area contributed by atoms with Crippen molar-refractivity contribution in [2.75, 3.05) is 19.7 Å². The van der Waals surface area contributed by atoms with Gasteiger partial charge >= 0.3 is 0 Å². The van der Waals surface area contributed by atoms with Crippen LogP contribution in [0.4, 0.5) is 0 Å². The zero-order chi connectivity index (χ0) is 14.7. The number of amides is 1. The molecule has 1 atom stereocenters. The third kappa shape index (κ3) is 3.23. The first-order valence-electron chi connectivity index (χ1n) is 6.80. The van der Waals surface area contributed by atoms with Crippen LogP contribution in [-0.4, -0.2) is 35.5 Å². The molecule has 3 rings (SSSR count). The van der Waals surface area contributed by atoms with Gasteiger partial charge in [0.1, 0.15) is 6.10 Å². The Morgan fingerprint density at radius 2 is 2.10 bits per heavy atom. The number of carbonyl (C=O) groups excluding carboxylic acids is 1. The van der Waals surface area contributed by atoms with Gasteiger partial charge in [-0.2, -0.15) is 0 Å². The average molecular weight is 303 g/mol. The molecular weight excluding hydrogens is 288 g/mol. The van der Waals surface area contributed by atoms with Crippen molar-refractivity contribution in [3.8, 4) is 0 Å². The van der Waals surface area contributed by atoms with Gasteiger partial charge in [-0.3, -0.25) is 9.78 Å². The summed E-state index contributed by atoms with van der Waals surface area (Å²) in [6.07, 6.45) is 3.14. The molecule has 0 aliphatic carbocycles. The van der Waals surface area contributed by atoms with Crippen molar-refractivity contribution in [2.24, 2.45) is 0 Å². The fourth-order valence-corrected chi connectivity index (χ4v) is 2.51. The molecule has 1 aliphatic heterocycles. The van der Waals surface area contributed by atoms with Crippen LogP contribution in [0, 0.1) is 0 Å². The molecule has 108 valence electrons. The molecule has 1 unspecified atom stereocenters. The maximum atomic E-state index is 12.4. The summed E-state index contributed by atoms with van der Waals surface area (Å²) in [5.74, 6) is -0.00892. The Bertz CT molecular complexity index is 616. The minimum absolute atomic E-state index is 0.00892. The Morgan fingerprint density at radius 3 is 2.81 bits per heavy atom. The molecule has 0 spiro atoms. The van der Waals surface area contributed by atoms with Crippen LogP contribution < -0.4 is 0 Å². The third-order valence-electron chi connectivity index (χ3n) is 3.50. The summed E-state index contributed by atoms with van der Waals surface area (Å²) in [6, 6.07) is 11.1. The number of hydrogen-bond acceptors (Lipinski definition) is 3. The van der Waals surface area contributed by atoms with E-state index in [0.717, 1.165) is 5.56 Å². The summed E-state index contributed by atoms with van der Waals surface area (Å²) >= 11 is 5.90. The lowest BCUT2D eigenvalue weighted by atomic mass is 10.1. The molecule has 0 saturated carbocycles. The van der Waals surface area contributed by atoms with E-state index in [4.69, 9.17) is 16.3 Å². The molecule has 1 saturated heterocycles. The van der Waals surface area contributed by atoms with Crippen LogP contribution in [0.1, 0.15) is 22.0 Å². The maximum Gasteiger partial charge on any atom is 0.255 e. The van der Waals surface area contributed by atoms with Gasteiger partial charge in [0.05, 0.1) is 18.7 Å². The summed E-state index contributed by atoms with van der Waals surface area (Å²) in [4.78, 5) is 18.2. The highest BCUT2D eigenvalue weighted by Crippen LogP contribution is 2.24. The van der Waals surface area contributed by atoms with E-state index in [1.807, 2.05) is 24.3 Å². The summed E-state index contributed by atoms with van der Waals surface area (Å²) in [5, 5.41) is 0.692. The molecule has 4 nitrogen and oxygen atoms in total. The first-order chi connectivity index (χ1) is 10.2. The molecule has 0 bridgehead atoms. The quantitative estimate of drug-likeness (QED) is 0.856. The van der Waals surface area contributed by atoms with Crippen molar-refractivity contribution in [3.05, 3.63) is 64.9 Å². The van der Waals surface area contributed by atoms with Crippen molar-refractivity contribution in [3.63, 3.8) is 0 Å². The number of rotatable bonds is 2. The molecule has 0 N–H and O–H groups in total. The SMILES string of the molecule is O=C(c1cccnc1)N1CCOC(c2ccc(Cl)cc2)C1. The van der Waals surface area contributed by atoms with E-state index in [0.29, 0.717) is 30.3 Å². The number of hydrogen-bond donors (Lipinski definition) is 0. The number of carbonyl (C=O) groups is 1. The zero-order valence-corrected chi connectivity index (χ0v) is 12.2. The largest absolute Gasteiger partial charge is 0.370 e. The van der Waals surface area contributed by atoms with Crippen molar-refractivity contribution < 1.29 is 9.53 Å². The lowest BCUT2D eigenvalue weighted by Crippen LogP contribution is -2.42. The van der Waals surface area contributed by atoms with Crippen LogP contribution >= 0.6 is 11.6 Å². The van der Waals surface area contributed by atoms with E-state index in [2.05, 4.69) is 4.98 Å². The highest BCUT2D eigenvalue weighted by atomic mass is 35.5. The summed E-state index contributed by atoms with van der Waals surface area (Å²) in [6.45, 7) is 1.66. The number of nitrogens with zero attached hydrogens (tertiary/aromatic N) is 2. The molecule has 1 aromatic heterocycles. The number of ether oxygens (including phenoxy) is 1. The molecule has 0 radical (unpaired) electrons. The first-order valence-corrected chi connectivity index (χ1v) is 7.18. The molecule has 1 aromatic carbocycles. The second kappa shape index (κ2) is 6.24. The van der Waals surface area contributed by atoms with Gasteiger partial charge in [-0.15, -0.1) is 0 Å².